The molecule has 2 heterocycles. The number of imidazole rings is 1. The van der Waals surface area contributed by atoms with Gasteiger partial charge in [-0.05, 0) is 32.9 Å². The largest absolute Gasteiger partial charge is 0.480 e. The number of alkyl carbamates (subject to hydrolysis) is 1. The van der Waals surface area contributed by atoms with E-state index >= 15 is 0 Å². The zero-order valence-electron chi connectivity index (χ0n) is 15.2. The van der Waals surface area contributed by atoms with Crippen LogP contribution < -0.4 is 5.32 Å². The van der Waals surface area contributed by atoms with E-state index in [0.717, 1.165) is 12.1 Å². The summed E-state index contributed by atoms with van der Waals surface area (Å²) in [6.45, 7) is 5.82. The Bertz CT molecular complexity index is 737. The van der Waals surface area contributed by atoms with Gasteiger partial charge in [0.2, 0.25) is 0 Å². The average Bonchev–Trinajstić information content (AvgIpc) is 2.99. The average molecular weight is 360 g/mol. The minimum Gasteiger partial charge on any atom is -0.480 e. The van der Waals surface area contributed by atoms with Crippen molar-refractivity contribution in [3.63, 3.8) is 0 Å². The van der Waals surface area contributed by atoms with E-state index < -0.39 is 23.7 Å². The van der Waals surface area contributed by atoms with E-state index in [1.54, 1.807) is 39.5 Å². The van der Waals surface area contributed by atoms with Gasteiger partial charge in [0.1, 0.15) is 11.6 Å². The summed E-state index contributed by atoms with van der Waals surface area (Å²) in [6.07, 6.45) is 5.22. The first-order chi connectivity index (χ1) is 12.2. The van der Waals surface area contributed by atoms with Crippen LogP contribution in [-0.4, -0.2) is 43.3 Å². The van der Waals surface area contributed by atoms with Gasteiger partial charge in [-0.3, -0.25) is 4.98 Å². The van der Waals surface area contributed by atoms with Gasteiger partial charge in [-0.2, -0.15) is 0 Å². The molecule has 0 aliphatic heterocycles. The number of aromatic nitrogens is 3. The number of nitrogens with one attached hydrogen (secondary N) is 1. The highest BCUT2D eigenvalue weighted by Gasteiger charge is 2.24. The lowest BCUT2D eigenvalue weighted by Gasteiger charge is -2.21. The minimum absolute atomic E-state index is 0.0746. The molecule has 140 valence electrons. The number of hydrogen-bond donors (Lipinski definition) is 2. The molecule has 2 aromatic heterocycles. The van der Waals surface area contributed by atoms with Gasteiger partial charge in [0.25, 0.3) is 0 Å². The van der Waals surface area contributed by atoms with Crippen molar-refractivity contribution in [2.45, 2.75) is 51.8 Å². The molecule has 0 unspecified atom stereocenters. The van der Waals surface area contributed by atoms with Crippen molar-refractivity contribution in [2.75, 3.05) is 0 Å². The number of ether oxygens (including phenoxy) is 1. The van der Waals surface area contributed by atoms with Crippen LogP contribution in [0.3, 0.4) is 0 Å². The Morgan fingerprint density at radius 3 is 2.65 bits per heavy atom. The van der Waals surface area contributed by atoms with Gasteiger partial charge in [-0.15, -0.1) is 0 Å². The fraction of sp³-hybridized carbons (Fsp3) is 0.444. The SMILES string of the molecule is CC(C)(C)OC(=O)N[C@@H](Cc1cn(CCc2ccccn2)cn1)C(=O)O. The first-order valence-corrected chi connectivity index (χ1v) is 8.36. The summed E-state index contributed by atoms with van der Waals surface area (Å²) in [5.74, 6) is -1.14. The van der Waals surface area contributed by atoms with Gasteiger partial charge in [-0.25, -0.2) is 14.6 Å². The number of hydrogen-bond acceptors (Lipinski definition) is 5. The van der Waals surface area contributed by atoms with Crippen LogP contribution in [0.2, 0.25) is 0 Å². The molecule has 0 saturated heterocycles. The third-order valence-corrected chi connectivity index (χ3v) is 3.44. The van der Waals surface area contributed by atoms with Crippen molar-refractivity contribution in [1.29, 1.82) is 0 Å². The van der Waals surface area contributed by atoms with Crippen LogP contribution in [0, 0.1) is 0 Å². The summed E-state index contributed by atoms with van der Waals surface area (Å²) in [4.78, 5) is 31.7. The van der Waals surface area contributed by atoms with Gasteiger partial charge in [0.15, 0.2) is 0 Å². The highest BCUT2D eigenvalue weighted by atomic mass is 16.6. The van der Waals surface area contributed by atoms with Crippen LogP contribution in [0.25, 0.3) is 0 Å². The summed E-state index contributed by atoms with van der Waals surface area (Å²) in [5.41, 5.74) is 0.854. The molecule has 0 radical (unpaired) electrons. The zero-order valence-corrected chi connectivity index (χ0v) is 15.2. The Hall–Kier alpha value is -2.90. The van der Waals surface area contributed by atoms with E-state index in [2.05, 4.69) is 15.3 Å². The maximum atomic E-state index is 11.8. The quantitative estimate of drug-likeness (QED) is 0.783. The van der Waals surface area contributed by atoms with Crippen LogP contribution in [0.5, 0.6) is 0 Å². The summed E-state index contributed by atoms with van der Waals surface area (Å²) < 4.78 is 6.97. The van der Waals surface area contributed by atoms with Crippen molar-refractivity contribution < 1.29 is 19.4 Å². The van der Waals surface area contributed by atoms with Gasteiger partial charge >= 0.3 is 12.1 Å². The van der Waals surface area contributed by atoms with E-state index in [0.29, 0.717) is 12.2 Å². The monoisotopic (exact) mass is 360 g/mol. The lowest BCUT2D eigenvalue weighted by molar-refractivity contribution is -0.139. The van der Waals surface area contributed by atoms with Crippen LogP contribution >= 0.6 is 0 Å². The van der Waals surface area contributed by atoms with Crippen LogP contribution in [0.4, 0.5) is 4.79 Å². The standard InChI is InChI=1S/C18H24N4O4/c1-18(2,3)26-17(25)21-15(16(23)24)10-14-11-22(12-20-14)9-7-13-6-4-5-8-19-13/h4-6,8,11-12,15H,7,9-10H2,1-3H3,(H,21,25)(H,23,24)/t15-/m0/s1. The smallest absolute Gasteiger partial charge is 0.408 e. The predicted octanol–water partition coefficient (Wildman–Crippen LogP) is 2.04. The summed E-state index contributed by atoms with van der Waals surface area (Å²) >= 11 is 0. The third-order valence-electron chi connectivity index (χ3n) is 3.44. The molecule has 2 N–H and O–H groups in total. The lowest BCUT2D eigenvalue weighted by atomic mass is 10.1. The Labute approximate surface area is 152 Å². The predicted molar refractivity (Wildman–Crippen MR) is 94.7 cm³/mol. The molecular formula is C18H24N4O4. The highest BCUT2D eigenvalue weighted by molar-refractivity contribution is 5.80. The van der Waals surface area contributed by atoms with Crippen molar-refractivity contribution in [2.24, 2.45) is 0 Å². The van der Waals surface area contributed by atoms with Crippen molar-refractivity contribution in [1.82, 2.24) is 19.9 Å². The molecule has 0 aliphatic carbocycles. The second-order valence-electron chi connectivity index (χ2n) is 6.92. The third kappa shape index (κ3) is 6.54. The molecule has 0 saturated carbocycles. The van der Waals surface area contributed by atoms with E-state index in [1.807, 2.05) is 22.8 Å². The number of carboxylic acid groups (broad SMARTS) is 1. The summed E-state index contributed by atoms with van der Waals surface area (Å²) in [6, 6.07) is 4.64. The van der Waals surface area contributed by atoms with E-state index in [1.165, 1.54) is 0 Å². The Morgan fingerprint density at radius 2 is 2.04 bits per heavy atom. The summed E-state index contributed by atoms with van der Waals surface area (Å²) in [5, 5.41) is 11.7. The second-order valence-corrected chi connectivity index (χ2v) is 6.92. The summed E-state index contributed by atoms with van der Waals surface area (Å²) in [7, 11) is 0. The number of nitrogens with zero attached hydrogens (tertiary/aromatic N) is 3. The molecule has 0 fully saturated rings. The Kier molecular flexibility index (Phi) is 6.32. The fourth-order valence-electron chi connectivity index (χ4n) is 2.28. The number of pyridine rings is 1. The molecule has 0 bridgehead atoms. The molecule has 2 aromatic rings. The van der Waals surface area contributed by atoms with E-state index in [-0.39, 0.29) is 6.42 Å². The van der Waals surface area contributed by atoms with Gasteiger partial charge in [0, 0.05) is 37.5 Å². The van der Waals surface area contributed by atoms with Gasteiger partial charge in [0.05, 0.1) is 12.0 Å². The molecule has 1 atom stereocenters. The van der Waals surface area contributed by atoms with Gasteiger partial charge in [-0.1, -0.05) is 6.07 Å². The Balaban J connectivity index is 1.92. The molecule has 0 aromatic carbocycles. The molecule has 1 amide bonds. The fourth-order valence-corrected chi connectivity index (χ4v) is 2.28. The first kappa shape index (κ1) is 19.4. The van der Waals surface area contributed by atoms with E-state index in [9.17, 15) is 14.7 Å². The molecule has 0 aliphatic rings. The molecular weight excluding hydrogens is 336 g/mol. The molecule has 8 nitrogen and oxygen atoms in total. The van der Waals surface area contributed by atoms with Crippen molar-refractivity contribution >= 4 is 12.1 Å². The maximum Gasteiger partial charge on any atom is 0.408 e. The number of carbonyl (C=O) groups excluding carboxylic acids is 1. The number of amides is 1. The van der Waals surface area contributed by atoms with Crippen molar-refractivity contribution in [3.05, 3.63) is 48.3 Å². The van der Waals surface area contributed by atoms with E-state index in [4.69, 9.17) is 4.74 Å². The number of rotatable bonds is 7. The minimum atomic E-state index is -1.14. The molecule has 26 heavy (non-hydrogen) atoms. The number of aliphatic carboxylic acids is 1. The maximum absolute atomic E-state index is 11.8. The molecule has 8 heteroatoms. The second kappa shape index (κ2) is 8.46. The van der Waals surface area contributed by atoms with Crippen molar-refractivity contribution in [3.8, 4) is 0 Å². The topological polar surface area (TPSA) is 106 Å². The first-order valence-electron chi connectivity index (χ1n) is 8.36. The van der Waals surface area contributed by atoms with Gasteiger partial charge < -0.3 is 19.7 Å². The number of aryl methyl sites for hydroxylation is 2. The normalized spacial score (nSPS) is 12.4. The molecule has 2 rings (SSSR count). The van der Waals surface area contributed by atoms with Crippen LogP contribution in [-0.2, 0) is 28.9 Å². The molecule has 0 spiro atoms. The van der Waals surface area contributed by atoms with Crippen LogP contribution in [0.15, 0.2) is 36.9 Å². The zero-order chi connectivity index (χ0) is 19.2. The number of carboxylic acids is 1. The Morgan fingerprint density at radius 1 is 1.27 bits per heavy atom. The highest BCUT2D eigenvalue weighted by Crippen LogP contribution is 2.08. The van der Waals surface area contributed by atoms with Crippen LogP contribution in [0.1, 0.15) is 32.2 Å². The lowest BCUT2D eigenvalue weighted by Crippen LogP contribution is -2.44. The number of carbonyl (C=O) groups is 2.